The molecule has 15 atom stereocenters. The lowest BCUT2D eigenvalue weighted by Gasteiger charge is -2.49. The zero-order valence-electron chi connectivity index (χ0n) is 23.2. The number of hydrogen-bond acceptors (Lipinski definition) is 13. The van der Waals surface area contributed by atoms with Gasteiger partial charge in [-0.2, -0.15) is 0 Å². The molecule has 3 heterocycles. The van der Waals surface area contributed by atoms with Gasteiger partial charge in [-0.1, -0.05) is 0 Å². The van der Waals surface area contributed by atoms with E-state index in [-0.39, 0.29) is 0 Å². The van der Waals surface area contributed by atoms with E-state index in [2.05, 4.69) is 16.0 Å². The van der Waals surface area contributed by atoms with Gasteiger partial charge in [-0.05, 0) is 20.8 Å². The number of ether oxygens (including phenoxy) is 5. The highest BCUT2D eigenvalue weighted by atomic mass is 16.7. The average Bonchev–Trinajstić information content (AvgIpc) is 2.85. The third-order valence-electron chi connectivity index (χ3n) is 7.21. The normalized spacial score (nSPS) is 45.8. The quantitative estimate of drug-likeness (QED) is 0.144. The topological polar surface area (TPSA) is 235 Å². The van der Waals surface area contributed by atoms with Crippen molar-refractivity contribution in [3.63, 3.8) is 0 Å². The summed E-state index contributed by atoms with van der Waals surface area (Å²) in [6.45, 7) is 8.40. The first-order chi connectivity index (χ1) is 18.6. The second-order valence-electron chi connectivity index (χ2n) is 10.5. The zero-order chi connectivity index (χ0) is 30.0. The Morgan fingerprint density at radius 2 is 0.925 bits per heavy atom. The molecule has 16 heteroatoms. The van der Waals surface area contributed by atoms with Crippen LogP contribution in [0.1, 0.15) is 41.5 Å². The first-order valence-electron chi connectivity index (χ1n) is 13.1. The van der Waals surface area contributed by atoms with Gasteiger partial charge in [0.05, 0.1) is 36.4 Å². The van der Waals surface area contributed by atoms with Crippen molar-refractivity contribution in [3.8, 4) is 0 Å². The monoisotopic (exact) mass is 579 g/mol. The van der Waals surface area contributed by atoms with Crippen LogP contribution < -0.4 is 16.0 Å². The summed E-state index contributed by atoms with van der Waals surface area (Å²) in [6.07, 6.45) is -16.3. The molecule has 3 aliphatic rings. The van der Waals surface area contributed by atoms with E-state index in [0.717, 1.165) is 0 Å². The Hall–Kier alpha value is -1.99. The molecule has 3 fully saturated rings. The summed E-state index contributed by atoms with van der Waals surface area (Å²) in [4.78, 5) is 35.3. The van der Waals surface area contributed by atoms with E-state index in [4.69, 9.17) is 23.7 Å². The first kappa shape index (κ1) is 32.5. The Balaban J connectivity index is 1.85. The number of amides is 3. The van der Waals surface area contributed by atoms with Gasteiger partial charge in [-0.25, -0.2) is 0 Å². The number of carbonyl (C=O) groups excluding carboxylic acids is 3. The molecule has 0 aromatic rings. The lowest BCUT2D eigenvalue weighted by atomic mass is 9.93. The minimum Gasteiger partial charge on any atom is -0.388 e. The van der Waals surface area contributed by atoms with Crippen molar-refractivity contribution in [2.75, 3.05) is 0 Å². The van der Waals surface area contributed by atoms with Gasteiger partial charge in [0.15, 0.2) is 18.9 Å². The molecular weight excluding hydrogens is 538 g/mol. The lowest BCUT2D eigenvalue weighted by molar-refractivity contribution is -0.352. The van der Waals surface area contributed by atoms with Gasteiger partial charge in [0.1, 0.15) is 36.6 Å². The lowest BCUT2D eigenvalue weighted by Crippen LogP contribution is -2.69. The standard InChI is InChI=1S/C24H41N3O13/c1-7-13(25-10(4)28)16(31)17(32)23(37-7)40-21-15(27-12(6)30)9(3)38-24(19(21)34)39-20-14(26-11(5)29)8(2)36-22(35)18(20)33/h7-9,13-24,31-35H,1-6H3,(H,25,28)(H,26,29)(H,27,30)/t7-,8-,9-,13-,14-,15-,16+,17+,18+,19+,20+,21+,22-,23-,24-/m1/s1. The van der Waals surface area contributed by atoms with Gasteiger partial charge in [-0.15, -0.1) is 0 Å². The minimum absolute atomic E-state index is 0.447. The Kier molecular flexibility index (Phi) is 10.8. The van der Waals surface area contributed by atoms with Crippen LogP contribution in [0.2, 0.25) is 0 Å². The third-order valence-corrected chi connectivity index (χ3v) is 7.21. The summed E-state index contributed by atoms with van der Waals surface area (Å²) in [5, 5.41) is 61.2. The predicted molar refractivity (Wildman–Crippen MR) is 132 cm³/mol. The van der Waals surface area contributed by atoms with Crippen LogP contribution in [0.4, 0.5) is 0 Å². The van der Waals surface area contributed by atoms with E-state index in [1.165, 1.54) is 20.8 Å². The smallest absolute Gasteiger partial charge is 0.217 e. The minimum atomic E-state index is -1.68. The van der Waals surface area contributed by atoms with Crippen molar-refractivity contribution in [2.24, 2.45) is 0 Å². The molecule has 230 valence electrons. The Morgan fingerprint density at radius 1 is 0.550 bits per heavy atom. The number of aliphatic hydroxyl groups excluding tert-OH is 5. The fourth-order valence-electron chi connectivity index (χ4n) is 5.24. The number of hydrogen-bond donors (Lipinski definition) is 8. The summed E-state index contributed by atoms with van der Waals surface area (Å²) in [5.41, 5.74) is 0. The van der Waals surface area contributed by atoms with Crippen molar-refractivity contribution < 1.29 is 63.6 Å². The second kappa shape index (κ2) is 13.3. The molecule has 0 saturated carbocycles. The van der Waals surface area contributed by atoms with Crippen LogP contribution in [0.25, 0.3) is 0 Å². The summed E-state index contributed by atoms with van der Waals surface area (Å²) < 4.78 is 28.7. The molecule has 0 bridgehead atoms. The molecule has 40 heavy (non-hydrogen) atoms. The molecule has 3 saturated heterocycles. The molecular formula is C24H41N3O13. The summed E-state index contributed by atoms with van der Waals surface area (Å²) in [7, 11) is 0. The number of aliphatic hydroxyl groups is 5. The maximum atomic E-state index is 12.0. The van der Waals surface area contributed by atoms with Gasteiger partial charge < -0.3 is 65.2 Å². The van der Waals surface area contributed by atoms with Gasteiger partial charge in [0, 0.05) is 20.8 Å². The maximum Gasteiger partial charge on any atom is 0.217 e. The largest absolute Gasteiger partial charge is 0.388 e. The van der Waals surface area contributed by atoms with Crippen LogP contribution in [-0.4, -0.2) is 135 Å². The molecule has 3 rings (SSSR count). The van der Waals surface area contributed by atoms with Gasteiger partial charge in [-0.3, -0.25) is 14.4 Å². The Labute approximate surface area is 231 Å². The van der Waals surface area contributed by atoms with Crippen LogP contribution in [-0.2, 0) is 38.1 Å². The molecule has 3 aliphatic heterocycles. The highest BCUT2D eigenvalue weighted by molar-refractivity contribution is 5.74. The van der Waals surface area contributed by atoms with Gasteiger partial charge in [0.25, 0.3) is 0 Å². The molecule has 0 spiro atoms. The fourth-order valence-corrected chi connectivity index (χ4v) is 5.24. The van der Waals surface area contributed by atoms with Crippen molar-refractivity contribution >= 4 is 17.7 Å². The van der Waals surface area contributed by atoms with Crippen molar-refractivity contribution in [1.82, 2.24) is 16.0 Å². The number of carbonyl (C=O) groups is 3. The van der Waals surface area contributed by atoms with Gasteiger partial charge in [0.2, 0.25) is 17.7 Å². The van der Waals surface area contributed by atoms with E-state index in [9.17, 15) is 39.9 Å². The zero-order valence-corrected chi connectivity index (χ0v) is 23.2. The highest BCUT2D eigenvalue weighted by Gasteiger charge is 2.53. The van der Waals surface area contributed by atoms with E-state index < -0.39 is 110 Å². The summed E-state index contributed by atoms with van der Waals surface area (Å²) in [5.74, 6) is -1.39. The molecule has 0 aliphatic carbocycles. The maximum absolute atomic E-state index is 12.0. The van der Waals surface area contributed by atoms with E-state index in [1.807, 2.05) is 0 Å². The molecule has 0 aromatic heterocycles. The molecule has 16 nitrogen and oxygen atoms in total. The van der Waals surface area contributed by atoms with E-state index >= 15 is 0 Å². The van der Waals surface area contributed by atoms with Gasteiger partial charge >= 0.3 is 0 Å². The van der Waals surface area contributed by atoms with E-state index in [1.54, 1.807) is 20.8 Å². The second-order valence-corrected chi connectivity index (χ2v) is 10.5. The average molecular weight is 580 g/mol. The molecule has 0 aromatic carbocycles. The third kappa shape index (κ3) is 7.25. The van der Waals surface area contributed by atoms with E-state index in [0.29, 0.717) is 0 Å². The van der Waals surface area contributed by atoms with Crippen molar-refractivity contribution in [1.29, 1.82) is 0 Å². The molecule has 3 amide bonds. The van der Waals surface area contributed by atoms with Crippen LogP contribution in [0.15, 0.2) is 0 Å². The van der Waals surface area contributed by atoms with Crippen molar-refractivity contribution in [3.05, 3.63) is 0 Å². The summed E-state index contributed by atoms with van der Waals surface area (Å²) >= 11 is 0. The van der Waals surface area contributed by atoms with Crippen LogP contribution in [0.5, 0.6) is 0 Å². The fraction of sp³-hybridized carbons (Fsp3) is 0.875. The Bertz CT molecular complexity index is 911. The number of rotatable bonds is 7. The van der Waals surface area contributed by atoms with Crippen LogP contribution >= 0.6 is 0 Å². The number of nitrogens with one attached hydrogen (secondary N) is 3. The molecule has 0 radical (unpaired) electrons. The summed E-state index contributed by atoms with van der Waals surface area (Å²) in [6, 6.07) is -2.87. The van der Waals surface area contributed by atoms with Crippen LogP contribution in [0.3, 0.4) is 0 Å². The molecule has 8 N–H and O–H groups in total. The highest BCUT2D eigenvalue weighted by Crippen LogP contribution is 2.32. The first-order valence-corrected chi connectivity index (χ1v) is 13.1. The Morgan fingerprint density at radius 3 is 1.40 bits per heavy atom. The molecule has 0 unspecified atom stereocenters. The van der Waals surface area contributed by atoms with Crippen molar-refractivity contribution in [2.45, 2.75) is 133 Å². The predicted octanol–water partition coefficient (Wildman–Crippen LogP) is -4.06. The SMILES string of the molecule is CC(=O)N[C@H]1[C@H](O)[C@H](O)[C@@H](O[C@@H]2[C@H](O)[C@@H](O[C@@H]3[C@H](O)[C@H](O)O[C@H](C)[C@H]3NC(C)=O)O[C@H](C)[C@H]2NC(C)=O)O[C@@H]1C. The van der Waals surface area contributed by atoms with Crippen LogP contribution in [0, 0.1) is 0 Å².